The van der Waals surface area contributed by atoms with Crippen molar-refractivity contribution in [2.45, 2.75) is 6.42 Å². The van der Waals surface area contributed by atoms with E-state index in [1.165, 1.54) is 25.4 Å². The van der Waals surface area contributed by atoms with Crippen molar-refractivity contribution in [3.8, 4) is 6.07 Å². The summed E-state index contributed by atoms with van der Waals surface area (Å²) >= 11 is 0. The predicted molar refractivity (Wildman–Crippen MR) is 63.8 cm³/mol. The zero-order valence-electron chi connectivity index (χ0n) is 9.94. The molecule has 0 aromatic heterocycles. The number of nitrogens with one attached hydrogen (secondary N) is 1. The summed E-state index contributed by atoms with van der Waals surface area (Å²) < 4.78 is 17.4. The lowest BCUT2D eigenvalue weighted by atomic mass is 10.1. The minimum atomic E-state index is -0.422. The summed E-state index contributed by atoms with van der Waals surface area (Å²) in [5.41, 5.74) is 1.10. The van der Waals surface area contributed by atoms with Crippen molar-refractivity contribution in [3.63, 3.8) is 0 Å². The number of ether oxygens (including phenoxy) is 1. The number of benzene rings is 1. The van der Waals surface area contributed by atoms with Gasteiger partial charge in [-0.15, -0.1) is 0 Å². The number of nitrogens with zero attached hydrogens (tertiary/aromatic N) is 1. The molecule has 0 bridgehead atoms. The Morgan fingerprint density at radius 2 is 2.39 bits per heavy atom. The van der Waals surface area contributed by atoms with Crippen molar-refractivity contribution >= 4 is 5.97 Å². The first-order valence-corrected chi connectivity index (χ1v) is 5.29. The highest BCUT2D eigenvalue weighted by Gasteiger charge is 2.01. The highest BCUT2D eigenvalue weighted by molar-refractivity contribution is 5.71. The standard InChI is InChI=1S/C13H13FN2O2/c1-18-13(17)9-16-8-11(7-15)5-10-3-2-4-12(14)6-10/h2-4,6,8,16H,5,9H2,1H3/b11-8-. The molecule has 0 heterocycles. The number of hydrogen-bond donors (Lipinski definition) is 1. The molecule has 0 saturated heterocycles. The molecule has 1 aromatic carbocycles. The number of nitriles is 1. The summed E-state index contributed by atoms with van der Waals surface area (Å²) in [4.78, 5) is 10.8. The number of methoxy groups -OCH3 is 1. The Bertz CT molecular complexity index is 492. The molecular formula is C13H13FN2O2. The van der Waals surface area contributed by atoms with E-state index < -0.39 is 5.97 Å². The molecular weight excluding hydrogens is 235 g/mol. The normalized spacial score (nSPS) is 10.6. The van der Waals surface area contributed by atoms with Crippen molar-refractivity contribution in [2.75, 3.05) is 13.7 Å². The summed E-state index contributed by atoms with van der Waals surface area (Å²) in [5, 5.41) is 11.6. The van der Waals surface area contributed by atoms with Gasteiger partial charge in [-0.2, -0.15) is 5.26 Å². The van der Waals surface area contributed by atoms with Gasteiger partial charge in [0.25, 0.3) is 0 Å². The maximum atomic E-state index is 12.9. The predicted octanol–water partition coefficient (Wildman–Crippen LogP) is 1.54. The van der Waals surface area contributed by atoms with Crippen LogP contribution in [0.5, 0.6) is 0 Å². The summed E-state index contributed by atoms with van der Waals surface area (Å²) in [6.07, 6.45) is 1.74. The third-order valence-electron chi connectivity index (χ3n) is 2.18. The van der Waals surface area contributed by atoms with E-state index in [9.17, 15) is 9.18 Å². The van der Waals surface area contributed by atoms with Crippen LogP contribution in [0.4, 0.5) is 4.39 Å². The van der Waals surface area contributed by atoms with Gasteiger partial charge in [0.2, 0.25) is 0 Å². The monoisotopic (exact) mass is 248 g/mol. The lowest BCUT2D eigenvalue weighted by Gasteiger charge is -2.02. The fraction of sp³-hybridized carbons (Fsp3) is 0.231. The maximum absolute atomic E-state index is 12.9. The average Bonchev–Trinajstić information content (AvgIpc) is 2.37. The molecule has 0 amide bonds. The van der Waals surface area contributed by atoms with E-state index in [0.717, 1.165) is 0 Å². The van der Waals surface area contributed by atoms with Crippen LogP contribution in [-0.4, -0.2) is 19.6 Å². The lowest BCUT2D eigenvalue weighted by molar-refractivity contribution is -0.139. The first-order chi connectivity index (χ1) is 8.65. The second-order valence-corrected chi connectivity index (χ2v) is 3.55. The Hall–Kier alpha value is -2.35. The molecule has 0 aliphatic carbocycles. The molecule has 1 rings (SSSR count). The Labute approximate surface area is 105 Å². The first kappa shape index (κ1) is 13.7. The number of carbonyl (C=O) groups is 1. The van der Waals surface area contributed by atoms with Crippen LogP contribution < -0.4 is 5.32 Å². The molecule has 1 aromatic rings. The van der Waals surface area contributed by atoms with Gasteiger partial charge in [0.15, 0.2) is 0 Å². The Morgan fingerprint density at radius 3 is 3.00 bits per heavy atom. The van der Waals surface area contributed by atoms with Crippen LogP contribution in [-0.2, 0) is 16.0 Å². The number of halogens is 1. The smallest absolute Gasteiger partial charge is 0.325 e. The molecule has 1 N–H and O–H groups in total. The topological polar surface area (TPSA) is 62.1 Å². The van der Waals surface area contributed by atoms with Gasteiger partial charge in [-0.3, -0.25) is 4.79 Å². The molecule has 0 atom stereocenters. The van der Waals surface area contributed by atoms with Crippen LogP contribution in [0, 0.1) is 17.1 Å². The number of esters is 1. The summed E-state index contributed by atoms with van der Waals surface area (Å²) in [5.74, 6) is -0.762. The average molecular weight is 248 g/mol. The first-order valence-electron chi connectivity index (χ1n) is 5.29. The van der Waals surface area contributed by atoms with Crippen LogP contribution in [0.15, 0.2) is 36.0 Å². The van der Waals surface area contributed by atoms with Gasteiger partial charge >= 0.3 is 5.97 Å². The molecule has 0 unspecified atom stereocenters. The van der Waals surface area contributed by atoms with Crippen LogP contribution >= 0.6 is 0 Å². The fourth-order valence-electron chi connectivity index (χ4n) is 1.32. The van der Waals surface area contributed by atoms with Crippen molar-refractivity contribution < 1.29 is 13.9 Å². The zero-order chi connectivity index (χ0) is 13.4. The van der Waals surface area contributed by atoms with E-state index in [4.69, 9.17) is 5.26 Å². The molecule has 4 nitrogen and oxygen atoms in total. The highest BCUT2D eigenvalue weighted by atomic mass is 19.1. The van der Waals surface area contributed by atoms with Crippen molar-refractivity contribution in [2.24, 2.45) is 0 Å². The van der Waals surface area contributed by atoms with E-state index in [1.54, 1.807) is 12.1 Å². The summed E-state index contributed by atoms with van der Waals surface area (Å²) in [7, 11) is 1.28. The molecule has 0 aliphatic heterocycles. The molecule has 0 saturated carbocycles. The molecule has 0 radical (unpaired) electrons. The fourth-order valence-corrected chi connectivity index (χ4v) is 1.32. The van der Waals surface area contributed by atoms with E-state index in [-0.39, 0.29) is 12.4 Å². The maximum Gasteiger partial charge on any atom is 0.325 e. The van der Waals surface area contributed by atoms with Gasteiger partial charge in [0.1, 0.15) is 12.4 Å². The molecule has 94 valence electrons. The van der Waals surface area contributed by atoms with Gasteiger partial charge in [0, 0.05) is 18.2 Å². The number of hydrogen-bond acceptors (Lipinski definition) is 4. The van der Waals surface area contributed by atoms with Gasteiger partial charge < -0.3 is 10.1 Å². The molecule has 0 aliphatic rings. The van der Waals surface area contributed by atoms with Crippen LogP contribution in [0.25, 0.3) is 0 Å². The minimum Gasteiger partial charge on any atom is -0.468 e. The van der Waals surface area contributed by atoms with Crippen molar-refractivity contribution in [3.05, 3.63) is 47.4 Å². The van der Waals surface area contributed by atoms with Crippen molar-refractivity contribution in [1.82, 2.24) is 5.32 Å². The molecule has 18 heavy (non-hydrogen) atoms. The number of carbonyl (C=O) groups excluding carboxylic acids is 1. The molecule has 0 fully saturated rings. The quantitative estimate of drug-likeness (QED) is 0.634. The third kappa shape index (κ3) is 4.66. The summed E-state index contributed by atoms with van der Waals surface area (Å²) in [6.45, 7) is -0.00910. The Balaban J connectivity index is 2.59. The van der Waals surface area contributed by atoms with E-state index in [2.05, 4.69) is 10.1 Å². The van der Waals surface area contributed by atoms with E-state index in [1.807, 2.05) is 6.07 Å². The summed E-state index contributed by atoms with van der Waals surface area (Å²) in [6, 6.07) is 8.01. The van der Waals surface area contributed by atoms with Gasteiger partial charge in [-0.25, -0.2) is 4.39 Å². The molecule has 5 heteroatoms. The van der Waals surface area contributed by atoms with Gasteiger partial charge in [0.05, 0.1) is 13.2 Å². The molecule has 0 spiro atoms. The van der Waals surface area contributed by atoms with E-state index >= 15 is 0 Å². The zero-order valence-corrected chi connectivity index (χ0v) is 9.94. The van der Waals surface area contributed by atoms with Crippen LogP contribution in [0.1, 0.15) is 5.56 Å². The Morgan fingerprint density at radius 1 is 1.61 bits per heavy atom. The number of rotatable bonds is 5. The Kier molecular flexibility index (Phi) is 5.39. The van der Waals surface area contributed by atoms with Crippen LogP contribution in [0.3, 0.4) is 0 Å². The highest BCUT2D eigenvalue weighted by Crippen LogP contribution is 2.08. The van der Waals surface area contributed by atoms with Gasteiger partial charge in [-0.05, 0) is 17.7 Å². The van der Waals surface area contributed by atoms with Crippen molar-refractivity contribution in [1.29, 1.82) is 5.26 Å². The SMILES string of the molecule is COC(=O)CN/C=C(\C#N)Cc1cccc(F)c1. The van der Waals surface area contributed by atoms with Crippen LogP contribution in [0.2, 0.25) is 0 Å². The number of allylic oxidation sites excluding steroid dienone is 1. The van der Waals surface area contributed by atoms with Gasteiger partial charge in [-0.1, -0.05) is 12.1 Å². The van der Waals surface area contributed by atoms with E-state index in [0.29, 0.717) is 17.6 Å². The largest absolute Gasteiger partial charge is 0.468 e. The second kappa shape index (κ2) is 7.07. The minimum absolute atomic E-state index is 0.00910. The second-order valence-electron chi connectivity index (χ2n) is 3.55. The third-order valence-corrected chi connectivity index (χ3v) is 2.18. The lowest BCUT2D eigenvalue weighted by Crippen LogP contribution is -2.19.